The molecule has 0 aromatic carbocycles. The van der Waals surface area contributed by atoms with E-state index in [9.17, 15) is 4.79 Å². The van der Waals surface area contributed by atoms with Gasteiger partial charge in [0.05, 0.1) is 26.9 Å². The Morgan fingerprint density at radius 3 is 2.71 bits per heavy atom. The van der Waals surface area contributed by atoms with Crippen molar-refractivity contribution >= 4 is 11.9 Å². The van der Waals surface area contributed by atoms with Crippen LogP contribution in [-0.2, 0) is 20.8 Å². The summed E-state index contributed by atoms with van der Waals surface area (Å²) >= 11 is 0. The Labute approximate surface area is 142 Å². The standard InChI is InChI=1S/C16H27N3O5/c1-12-14(15(20)22-4)10-13(24-12)11-19-16(17-2)18-6-5-7-23-9-8-21-3/h10H,5-9,11H2,1-4H3,(H2,17,18,19). The van der Waals surface area contributed by atoms with Crippen molar-refractivity contribution in [1.82, 2.24) is 10.6 Å². The van der Waals surface area contributed by atoms with Crippen LogP contribution in [0.25, 0.3) is 0 Å². The van der Waals surface area contributed by atoms with Crippen LogP contribution in [-0.4, -0.2) is 59.6 Å². The Balaban J connectivity index is 2.30. The molecular weight excluding hydrogens is 314 g/mol. The maximum absolute atomic E-state index is 11.6. The highest BCUT2D eigenvalue weighted by molar-refractivity contribution is 5.90. The number of carbonyl (C=O) groups is 1. The molecule has 1 aromatic heterocycles. The van der Waals surface area contributed by atoms with Crippen LogP contribution in [0.15, 0.2) is 15.5 Å². The molecule has 2 N–H and O–H groups in total. The number of aliphatic imine (C=N–C) groups is 1. The molecule has 0 radical (unpaired) electrons. The second kappa shape index (κ2) is 11.5. The highest BCUT2D eigenvalue weighted by Crippen LogP contribution is 2.15. The van der Waals surface area contributed by atoms with Crippen molar-refractivity contribution in [2.24, 2.45) is 4.99 Å². The largest absolute Gasteiger partial charge is 0.465 e. The molecule has 0 saturated heterocycles. The summed E-state index contributed by atoms with van der Waals surface area (Å²) in [5, 5.41) is 6.31. The molecular formula is C16H27N3O5. The van der Waals surface area contributed by atoms with Crippen LogP contribution in [0, 0.1) is 6.92 Å². The lowest BCUT2D eigenvalue weighted by Crippen LogP contribution is -2.37. The Hall–Kier alpha value is -2.06. The minimum Gasteiger partial charge on any atom is -0.465 e. The second-order valence-electron chi connectivity index (χ2n) is 4.99. The first-order valence-electron chi connectivity index (χ1n) is 7.81. The van der Waals surface area contributed by atoms with Crippen LogP contribution < -0.4 is 10.6 Å². The van der Waals surface area contributed by atoms with Crippen molar-refractivity contribution in [3.63, 3.8) is 0 Å². The third kappa shape index (κ3) is 7.01. The quantitative estimate of drug-likeness (QED) is 0.285. The summed E-state index contributed by atoms with van der Waals surface area (Å²) in [7, 11) is 4.68. The first-order valence-corrected chi connectivity index (χ1v) is 7.81. The summed E-state index contributed by atoms with van der Waals surface area (Å²) < 4.78 is 20.5. The van der Waals surface area contributed by atoms with E-state index in [1.54, 1.807) is 27.1 Å². The smallest absolute Gasteiger partial charge is 0.341 e. The Morgan fingerprint density at radius 1 is 1.25 bits per heavy atom. The van der Waals surface area contributed by atoms with Crippen molar-refractivity contribution < 1.29 is 23.4 Å². The fourth-order valence-corrected chi connectivity index (χ4v) is 1.96. The van der Waals surface area contributed by atoms with Crippen molar-refractivity contribution in [3.05, 3.63) is 23.2 Å². The third-order valence-corrected chi connectivity index (χ3v) is 3.22. The van der Waals surface area contributed by atoms with E-state index in [0.717, 1.165) is 13.0 Å². The van der Waals surface area contributed by atoms with E-state index in [-0.39, 0.29) is 0 Å². The highest BCUT2D eigenvalue weighted by Gasteiger charge is 2.15. The first-order chi connectivity index (χ1) is 11.6. The molecule has 1 heterocycles. The molecule has 0 spiro atoms. The normalized spacial score (nSPS) is 11.4. The number of hydrogen-bond acceptors (Lipinski definition) is 6. The van der Waals surface area contributed by atoms with Crippen molar-refractivity contribution in [1.29, 1.82) is 0 Å². The molecule has 0 bridgehead atoms. The van der Waals surface area contributed by atoms with Gasteiger partial charge in [-0.1, -0.05) is 0 Å². The number of aryl methyl sites for hydroxylation is 1. The van der Waals surface area contributed by atoms with Crippen LogP contribution in [0.5, 0.6) is 0 Å². The number of hydrogen-bond donors (Lipinski definition) is 2. The average molecular weight is 341 g/mol. The lowest BCUT2D eigenvalue weighted by Gasteiger charge is -2.11. The summed E-state index contributed by atoms with van der Waals surface area (Å²) in [5.74, 6) is 1.42. The number of esters is 1. The monoisotopic (exact) mass is 341 g/mol. The van der Waals surface area contributed by atoms with Crippen molar-refractivity contribution in [2.75, 3.05) is 47.6 Å². The van der Waals surface area contributed by atoms with Gasteiger partial charge in [0.2, 0.25) is 0 Å². The predicted molar refractivity (Wildman–Crippen MR) is 90.3 cm³/mol. The van der Waals surface area contributed by atoms with Gasteiger partial charge in [0.1, 0.15) is 17.1 Å². The summed E-state index contributed by atoms with van der Waals surface area (Å²) in [6.45, 7) is 4.75. The van der Waals surface area contributed by atoms with E-state index < -0.39 is 5.97 Å². The predicted octanol–water partition coefficient (Wildman–Crippen LogP) is 1.09. The summed E-state index contributed by atoms with van der Waals surface area (Å²) in [4.78, 5) is 15.7. The van der Waals surface area contributed by atoms with Gasteiger partial charge in [-0.2, -0.15) is 0 Å². The zero-order valence-corrected chi connectivity index (χ0v) is 14.8. The molecule has 1 aromatic rings. The number of furan rings is 1. The molecule has 24 heavy (non-hydrogen) atoms. The molecule has 0 saturated carbocycles. The van der Waals surface area contributed by atoms with Crippen LogP contribution in [0.4, 0.5) is 0 Å². The van der Waals surface area contributed by atoms with Gasteiger partial charge in [0, 0.05) is 27.3 Å². The fraction of sp³-hybridized carbons (Fsp3) is 0.625. The maximum atomic E-state index is 11.6. The Bertz CT molecular complexity index is 528. The van der Waals surface area contributed by atoms with Crippen LogP contribution in [0.2, 0.25) is 0 Å². The minimum atomic E-state index is -0.404. The lowest BCUT2D eigenvalue weighted by atomic mass is 10.2. The van der Waals surface area contributed by atoms with E-state index in [0.29, 0.717) is 49.4 Å². The molecule has 0 aliphatic carbocycles. The number of ether oxygens (including phenoxy) is 3. The summed E-state index contributed by atoms with van der Waals surface area (Å²) in [6, 6.07) is 1.67. The van der Waals surface area contributed by atoms with Crippen molar-refractivity contribution in [3.8, 4) is 0 Å². The molecule has 0 amide bonds. The number of nitrogens with zero attached hydrogens (tertiary/aromatic N) is 1. The van der Waals surface area contributed by atoms with Crippen LogP contribution >= 0.6 is 0 Å². The van der Waals surface area contributed by atoms with E-state index in [1.807, 2.05) is 0 Å². The zero-order valence-electron chi connectivity index (χ0n) is 14.8. The number of methoxy groups -OCH3 is 2. The topological polar surface area (TPSA) is 94.3 Å². The van der Waals surface area contributed by atoms with Crippen LogP contribution in [0.1, 0.15) is 28.3 Å². The molecule has 8 nitrogen and oxygen atoms in total. The number of guanidine groups is 1. The van der Waals surface area contributed by atoms with Gasteiger partial charge in [-0.25, -0.2) is 4.79 Å². The Kier molecular flexibility index (Phi) is 9.55. The molecule has 0 atom stereocenters. The van der Waals surface area contributed by atoms with E-state index in [2.05, 4.69) is 15.6 Å². The molecule has 0 aliphatic heterocycles. The second-order valence-corrected chi connectivity index (χ2v) is 4.99. The third-order valence-electron chi connectivity index (χ3n) is 3.22. The maximum Gasteiger partial charge on any atom is 0.341 e. The van der Waals surface area contributed by atoms with Gasteiger partial charge in [0.15, 0.2) is 5.96 Å². The Morgan fingerprint density at radius 2 is 2.04 bits per heavy atom. The van der Waals surface area contributed by atoms with Gasteiger partial charge in [0.25, 0.3) is 0 Å². The molecule has 1 rings (SSSR count). The van der Waals surface area contributed by atoms with Crippen molar-refractivity contribution in [2.45, 2.75) is 19.9 Å². The molecule has 8 heteroatoms. The zero-order chi connectivity index (χ0) is 17.8. The summed E-state index contributed by atoms with van der Waals surface area (Å²) in [5.41, 5.74) is 0.436. The van der Waals surface area contributed by atoms with Gasteiger partial charge in [-0.05, 0) is 19.4 Å². The molecule has 0 aliphatic rings. The lowest BCUT2D eigenvalue weighted by molar-refractivity contribution is 0.0599. The van der Waals surface area contributed by atoms with E-state index in [1.165, 1.54) is 7.11 Å². The van der Waals surface area contributed by atoms with Crippen LogP contribution in [0.3, 0.4) is 0 Å². The highest BCUT2D eigenvalue weighted by atomic mass is 16.5. The number of rotatable bonds is 10. The molecule has 0 unspecified atom stereocenters. The van der Waals surface area contributed by atoms with Gasteiger partial charge >= 0.3 is 5.97 Å². The SMILES string of the molecule is CN=C(NCCCOCCOC)NCc1cc(C(=O)OC)c(C)o1. The summed E-state index contributed by atoms with van der Waals surface area (Å²) in [6.07, 6.45) is 0.858. The van der Waals surface area contributed by atoms with Gasteiger partial charge < -0.3 is 29.3 Å². The minimum absolute atomic E-state index is 0.404. The molecule has 136 valence electrons. The van der Waals surface area contributed by atoms with Gasteiger partial charge in [-0.3, -0.25) is 4.99 Å². The van der Waals surface area contributed by atoms with Gasteiger partial charge in [-0.15, -0.1) is 0 Å². The number of carbonyl (C=O) groups excluding carboxylic acids is 1. The average Bonchev–Trinajstić information content (AvgIpc) is 2.96. The van der Waals surface area contributed by atoms with E-state index >= 15 is 0 Å². The molecule has 0 fully saturated rings. The first kappa shape index (κ1) is 20.0. The number of nitrogens with one attached hydrogen (secondary N) is 2. The fourth-order valence-electron chi connectivity index (χ4n) is 1.96. The van der Waals surface area contributed by atoms with E-state index in [4.69, 9.17) is 18.6 Å².